The van der Waals surface area contributed by atoms with Gasteiger partial charge in [-0.2, -0.15) is 0 Å². The first-order chi connectivity index (χ1) is 11.7. The first-order valence-corrected chi connectivity index (χ1v) is 7.84. The zero-order valence-corrected chi connectivity index (χ0v) is 13.5. The Morgan fingerprint density at radius 3 is 2.29 bits per heavy atom. The number of rotatable bonds is 4. The summed E-state index contributed by atoms with van der Waals surface area (Å²) in [5.41, 5.74) is 0.422. The minimum absolute atomic E-state index is 0.179. The number of hydrogen-bond acceptors (Lipinski definition) is 3. The normalized spacial score (nSPS) is 19.3. The van der Waals surface area contributed by atoms with Gasteiger partial charge in [-0.05, 0) is 23.8 Å². The summed E-state index contributed by atoms with van der Waals surface area (Å²) < 4.78 is 5.04. The van der Waals surface area contributed by atoms with Crippen molar-refractivity contribution in [2.45, 2.75) is 12.0 Å². The van der Waals surface area contributed by atoms with Gasteiger partial charge in [-0.15, -0.1) is 0 Å². The van der Waals surface area contributed by atoms with E-state index in [1.54, 1.807) is 23.1 Å². The molecule has 3 rings (SSSR count). The molecule has 4 heteroatoms. The molecule has 2 aromatic rings. The lowest BCUT2D eigenvalue weighted by Crippen LogP contribution is -2.55. The van der Waals surface area contributed by atoms with Crippen molar-refractivity contribution >= 4 is 11.9 Å². The number of hydrogen-bond donors (Lipinski definition) is 0. The summed E-state index contributed by atoms with van der Waals surface area (Å²) in [6.45, 7) is 0.385. The predicted octanol–water partition coefficient (Wildman–Crippen LogP) is 2.85. The van der Waals surface area contributed by atoms with Crippen molar-refractivity contribution in [2.75, 3.05) is 13.7 Å². The van der Waals surface area contributed by atoms with Gasteiger partial charge in [-0.1, -0.05) is 54.6 Å². The summed E-state index contributed by atoms with van der Waals surface area (Å²) in [5.74, 6) is -0.605. The van der Waals surface area contributed by atoms with E-state index >= 15 is 0 Å². The third-order valence-electron chi connectivity index (χ3n) is 4.28. The van der Waals surface area contributed by atoms with Gasteiger partial charge in [0.05, 0.1) is 7.11 Å². The molecule has 2 aromatic carbocycles. The highest BCUT2D eigenvalue weighted by molar-refractivity contribution is 5.99. The zero-order chi connectivity index (χ0) is 17.0. The van der Waals surface area contributed by atoms with Gasteiger partial charge in [0.25, 0.3) is 5.91 Å². The summed E-state index contributed by atoms with van der Waals surface area (Å²) in [6, 6.07) is 18.6. The Hall–Kier alpha value is -2.88. The molecule has 24 heavy (non-hydrogen) atoms. The number of methoxy groups -OCH3 is 1. The Labute approximate surface area is 141 Å². The molecule has 1 aliphatic rings. The number of ether oxygens (including phenoxy) is 1. The second-order valence-corrected chi connectivity index (χ2v) is 5.76. The number of carbonyl (C=O) groups is 2. The summed E-state index contributed by atoms with van der Waals surface area (Å²) in [7, 11) is 1.35. The lowest BCUT2D eigenvalue weighted by molar-refractivity contribution is -0.149. The Morgan fingerprint density at radius 1 is 1.04 bits per heavy atom. The van der Waals surface area contributed by atoms with E-state index < -0.39 is 11.5 Å². The molecule has 1 atom stereocenters. The third kappa shape index (κ3) is 2.83. The molecule has 0 N–H and O–H groups in total. The lowest BCUT2D eigenvalue weighted by Gasteiger charge is -2.35. The molecule has 0 radical (unpaired) electrons. The smallest absolute Gasteiger partial charge is 0.336 e. The standard InChI is InChI=1S/C20H19NO3/c1-24-19(23)20(15-16-9-4-2-5-10-16)13-8-14-21(20)18(22)17-11-6-3-7-12-17/h2-13H,14-15H2,1H3/t20-/m0/s1. The van der Waals surface area contributed by atoms with E-state index in [0.29, 0.717) is 18.5 Å². The largest absolute Gasteiger partial charge is 0.467 e. The van der Waals surface area contributed by atoms with Gasteiger partial charge in [0.15, 0.2) is 5.54 Å². The van der Waals surface area contributed by atoms with E-state index in [9.17, 15) is 9.59 Å². The molecule has 0 aromatic heterocycles. The lowest BCUT2D eigenvalue weighted by atomic mass is 9.89. The van der Waals surface area contributed by atoms with Gasteiger partial charge in [0.1, 0.15) is 0 Å². The van der Waals surface area contributed by atoms with Crippen LogP contribution in [0.4, 0.5) is 0 Å². The quantitative estimate of drug-likeness (QED) is 0.642. The third-order valence-corrected chi connectivity index (χ3v) is 4.28. The minimum atomic E-state index is -1.11. The van der Waals surface area contributed by atoms with Gasteiger partial charge in [0, 0.05) is 18.5 Å². The molecule has 0 aliphatic carbocycles. The maximum absolute atomic E-state index is 13.0. The number of benzene rings is 2. The maximum atomic E-state index is 13.0. The SMILES string of the molecule is COC(=O)[C@@]1(Cc2ccccc2)C=CCN1C(=O)c1ccccc1. The molecule has 0 spiro atoms. The van der Waals surface area contributed by atoms with Crippen molar-refractivity contribution in [2.24, 2.45) is 0 Å². The summed E-state index contributed by atoms with van der Waals surface area (Å²) in [4.78, 5) is 27.2. The van der Waals surface area contributed by atoms with E-state index in [1.807, 2.05) is 54.6 Å². The molecular weight excluding hydrogens is 302 g/mol. The van der Waals surface area contributed by atoms with Crippen molar-refractivity contribution in [3.05, 3.63) is 83.9 Å². The van der Waals surface area contributed by atoms with Gasteiger partial charge in [-0.25, -0.2) is 4.79 Å². The van der Waals surface area contributed by atoms with E-state index in [-0.39, 0.29) is 5.91 Å². The van der Waals surface area contributed by atoms with Crippen LogP contribution in [0.1, 0.15) is 15.9 Å². The highest BCUT2D eigenvalue weighted by Crippen LogP contribution is 2.30. The molecule has 1 aliphatic heterocycles. The summed E-state index contributed by atoms with van der Waals surface area (Å²) in [6.07, 6.45) is 4.02. The highest BCUT2D eigenvalue weighted by Gasteiger charge is 2.48. The first kappa shape index (κ1) is 16.0. The number of carbonyl (C=O) groups excluding carboxylic acids is 2. The van der Waals surface area contributed by atoms with E-state index in [1.165, 1.54) is 7.11 Å². The molecule has 4 nitrogen and oxygen atoms in total. The minimum Gasteiger partial charge on any atom is -0.467 e. The van der Waals surface area contributed by atoms with Gasteiger partial charge in [-0.3, -0.25) is 4.79 Å². The van der Waals surface area contributed by atoms with Crippen molar-refractivity contribution in [1.82, 2.24) is 4.90 Å². The van der Waals surface area contributed by atoms with Crippen LogP contribution in [-0.4, -0.2) is 36.0 Å². The molecule has 0 saturated heterocycles. The van der Waals surface area contributed by atoms with E-state index in [2.05, 4.69) is 0 Å². The fourth-order valence-corrected chi connectivity index (χ4v) is 3.10. The van der Waals surface area contributed by atoms with Crippen LogP contribution < -0.4 is 0 Å². The maximum Gasteiger partial charge on any atom is 0.336 e. The van der Waals surface area contributed by atoms with Crippen molar-refractivity contribution < 1.29 is 14.3 Å². The highest BCUT2D eigenvalue weighted by atomic mass is 16.5. The van der Waals surface area contributed by atoms with Crippen LogP contribution in [0.5, 0.6) is 0 Å². The molecule has 0 bridgehead atoms. The van der Waals surface area contributed by atoms with E-state index in [0.717, 1.165) is 5.56 Å². The topological polar surface area (TPSA) is 46.6 Å². The second-order valence-electron chi connectivity index (χ2n) is 5.76. The summed E-state index contributed by atoms with van der Waals surface area (Å²) in [5, 5.41) is 0. The van der Waals surface area contributed by atoms with E-state index in [4.69, 9.17) is 4.74 Å². The first-order valence-electron chi connectivity index (χ1n) is 7.84. The Morgan fingerprint density at radius 2 is 1.67 bits per heavy atom. The number of esters is 1. The van der Waals surface area contributed by atoms with Crippen molar-refractivity contribution in [3.63, 3.8) is 0 Å². The van der Waals surface area contributed by atoms with Gasteiger partial charge < -0.3 is 9.64 Å². The van der Waals surface area contributed by atoms with Crippen molar-refractivity contribution in [3.8, 4) is 0 Å². The molecule has 0 fully saturated rings. The second kappa shape index (κ2) is 6.71. The molecule has 0 saturated carbocycles. The van der Waals surface area contributed by atoms with Crippen LogP contribution in [0.2, 0.25) is 0 Å². The van der Waals surface area contributed by atoms with Crippen LogP contribution in [-0.2, 0) is 16.0 Å². The van der Waals surface area contributed by atoms with Gasteiger partial charge in [0.2, 0.25) is 0 Å². The zero-order valence-electron chi connectivity index (χ0n) is 13.5. The molecule has 1 amide bonds. The fourth-order valence-electron chi connectivity index (χ4n) is 3.10. The molecule has 122 valence electrons. The monoisotopic (exact) mass is 321 g/mol. The van der Waals surface area contributed by atoms with Crippen LogP contribution in [0, 0.1) is 0 Å². The molecule has 1 heterocycles. The van der Waals surface area contributed by atoms with Crippen LogP contribution in [0.25, 0.3) is 0 Å². The average Bonchev–Trinajstić information content (AvgIpc) is 3.06. The molecule has 0 unspecified atom stereocenters. The van der Waals surface area contributed by atoms with Crippen LogP contribution in [0.3, 0.4) is 0 Å². The average molecular weight is 321 g/mol. The summed E-state index contributed by atoms with van der Waals surface area (Å²) >= 11 is 0. The predicted molar refractivity (Wildman–Crippen MR) is 91.5 cm³/mol. The van der Waals surface area contributed by atoms with Crippen molar-refractivity contribution in [1.29, 1.82) is 0 Å². The Bertz CT molecular complexity index is 755. The Kier molecular flexibility index (Phi) is 4.47. The number of nitrogens with zero attached hydrogens (tertiary/aromatic N) is 1. The fraction of sp³-hybridized carbons (Fsp3) is 0.200. The Balaban J connectivity index is 1.98. The number of amides is 1. The van der Waals surface area contributed by atoms with Crippen LogP contribution in [0.15, 0.2) is 72.8 Å². The van der Waals surface area contributed by atoms with Gasteiger partial charge >= 0.3 is 5.97 Å². The molecular formula is C20H19NO3. The van der Waals surface area contributed by atoms with Crippen LogP contribution >= 0.6 is 0 Å².